The minimum atomic E-state index is -0.367. The Labute approximate surface area is 153 Å². The van der Waals surface area contributed by atoms with Crippen LogP contribution in [0.5, 0.6) is 0 Å². The summed E-state index contributed by atoms with van der Waals surface area (Å²) in [5, 5.41) is 18.9. The van der Waals surface area contributed by atoms with Gasteiger partial charge in [-0.05, 0) is 5.92 Å². The molecule has 0 aliphatic rings. The second kappa shape index (κ2) is 8.46. The summed E-state index contributed by atoms with van der Waals surface area (Å²) < 4.78 is 1.82. The summed E-state index contributed by atoms with van der Waals surface area (Å²) in [6.45, 7) is 5.22. The smallest absolute Gasteiger partial charge is 0.274 e. The van der Waals surface area contributed by atoms with Crippen molar-refractivity contribution in [2.45, 2.75) is 32.9 Å². The lowest BCUT2D eigenvalue weighted by molar-refractivity contribution is -0.385. The molecule has 1 aromatic heterocycles. The van der Waals surface area contributed by atoms with Crippen molar-refractivity contribution in [3.05, 3.63) is 57.4 Å². The van der Waals surface area contributed by atoms with E-state index in [1.165, 1.54) is 6.07 Å². The first-order valence-electron chi connectivity index (χ1n) is 8.50. The van der Waals surface area contributed by atoms with Crippen LogP contribution in [0.3, 0.4) is 0 Å². The molecule has 0 saturated heterocycles. The van der Waals surface area contributed by atoms with Crippen molar-refractivity contribution in [1.29, 1.82) is 0 Å². The van der Waals surface area contributed by atoms with E-state index in [9.17, 15) is 10.1 Å². The van der Waals surface area contributed by atoms with Gasteiger partial charge >= 0.3 is 0 Å². The Balaban J connectivity index is 2.09. The van der Waals surface area contributed by atoms with Crippen LogP contribution in [0.2, 0.25) is 0 Å². The van der Waals surface area contributed by atoms with Gasteiger partial charge in [-0.1, -0.05) is 32.0 Å². The van der Waals surface area contributed by atoms with Crippen LogP contribution in [0.4, 0.5) is 5.69 Å². The minimum absolute atomic E-state index is 0.104. The van der Waals surface area contributed by atoms with Crippen LogP contribution in [-0.4, -0.2) is 39.7 Å². The summed E-state index contributed by atoms with van der Waals surface area (Å²) in [6.07, 6.45) is 2.02. The number of hydrogen-bond donors (Lipinski definition) is 1. The molecule has 1 aromatic carbocycles. The van der Waals surface area contributed by atoms with E-state index in [0.717, 1.165) is 11.3 Å². The van der Waals surface area contributed by atoms with Gasteiger partial charge in [0.15, 0.2) is 5.96 Å². The summed E-state index contributed by atoms with van der Waals surface area (Å²) in [7, 11) is 5.55. The molecule has 1 heterocycles. The Morgan fingerprint density at radius 2 is 2.08 bits per heavy atom. The van der Waals surface area contributed by atoms with Crippen LogP contribution < -0.4 is 5.32 Å². The van der Waals surface area contributed by atoms with E-state index in [4.69, 9.17) is 0 Å². The van der Waals surface area contributed by atoms with E-state index < -0.39 is 0 Å². The molecule has 0 atom stereocenters. The highest BCUT2D eigenvalue weighted by molar-refractivity contribution is 5.79. The minimum Gasteiger partial charge on any atom is -0.352 e. The number of guanidine groups is 1. The number of nitrogens with zero attached hydrogens (tertiary/aromatic N) is 5. The van der Waals surface area contributed by atoms with Crippen LogP contribution >= 0.6 is 0 Å². The van der Waals surface area contributed by atoms with Gasteiger partial charge in [-0.3, -0.25) is 19.8 Å². The van der Waals surface area contributed by atoms with Crippen LogP contribution in [0.25, 0.3) is 0 Å². The van der Waals surface area contributed by atoms with Gasteiger partial charge in [0.25, 0.3) is 5.69 Å². The number of hydrogen-bond acceptors (Lipinski definition) is 4. The molecule has 26 heavy (non-hydrogen) atoms. The number of aromatic nitrogens is 2. The largest absolute Gasteiger partial charge is 0.352 e. The highest BCUT2D eigenvalue weighted by Crippen LogP contribution is 2.19. The van der Waals surface area contributed by atoms with E-state index in [2.05, 4.69) is 29.3 Å². The lowest BCUT2D eigenvalue weighted by Gasteiger charge is -2.22. The van der Waals surface area contributed by atoms with Gasteiger partial charge in [0, 0.05) is 57.6 Å². The molecule has 0 unspecified atom stereocenters. The Morgan fingerprint density at radius 3 is 2.69 bits per heavy atom. The van der Waals surface area contributed by atoms with Crippen molar-refractivity contribution in [3.63, 3.8) is 0 Å². The molecule has 2 rings (SSSR count). The summed E-state index contributed by atoms with van der Waals surface area (Å²) in [5.74, 6) is 1.00. The molecule has 0 saturated carbocycles. The van der Waals surface area contributed by atoms with Crippen molar-refractivity contribution in [3.8, 4) is 0 Å². The monoisotopic (exact) mass is 358 g/mol. The van der Waals surface area contributed by atoms with Gasteiger partial charge in [0.2, 0.25) is 0 Å². The Morgan fingerprint density at radius 1 is 1.38 bits per heavy atom. The molecule has 0 radical (unpaired) electrons. The highest BCUT2D eigenvalue weighted by atomic mass is 16.6. The van der Waals surface area contributed by atoms with Gasteiger partial charge < -0.3 is 10.2 Å². The molecule has 0 spiro atoms. The standard InChI is InChI=1S/C18H26N6O2/c1-13(2)17-15(12-23(5)21-17)11-22(4)18(19-3)20-10-14-8-6-7-9-16(14)24(25)26/h6-9,12-13H,10-11H2,1-5H3,(H,19,20). The number of nitro benzene ring substituents is 1. The topological polar surface area (TPSA) is 88.6 Å². The second-order valence-electron chi connectivity index (χ2n) is 6.51. The summed E-state index contributed by atoms with van der Waals surface area (Å²) in [6, 6.07) is 6.71. The number of benzene rings is 1. The zero-order valence-corrected chi connectivity index (χ0v) is 15.9. The van der Waals surface area contributed by atoms with E-state index in [1.54, 1.807) is 25.2 Å². The van der Waals surface area contributed by atoms with Gasteiger partial charge in [-0.2, -0.15) is 5.10 Å². The molecule has 2 aromatic rings. The quantitative estimate of drug-likeness (QED) is 0.371. The number of para-hydroxylation sites is 1. The Hall–Kier alpha value is -2.90. The van der Waals surface area contributed by atoms with Crippen molar-refractivity contribution in [2.24, 2.45) is 12.0 Å². The lowest BCUT2D eigenvalue weighted by Crippen LogP contribution is -2.38. The van der Waals surface area contributed by atoms with Crippen molar-refractivity contribution < 1.29 is 4.92 Å². The van der Waals surface area contributed by atoms with E-state index in [1.807, 2.05) is 29.9 Å². The molecule has 8 heteroatoms. The average Bonchev–Trinajstić information content (AvgIpc) is 2.96. The first kappa shape index (κ1) is 19.4. The summed E-state index contributed by atoms with van der Waals surface area (Å²) >= 11 is 0. The average molecular weight is 358 g/mol. The van der Waals surface area contributed by atoms with E-state index in [0.29, 0.717) is 30.5 Å². The van der Waals surface area contributed by atoms with Crippen molar-refractivity contribution in [1.82, 2.24) is 20.0 Å². The molecule has 0 bridgehead atoms. The molecule has 140 valence electrons. The maximum absolute atomic E-state index is 11.1. The van der Waals surface area contributed by atoms with Gasteiger partial charge in [0.05, 0.1) is 10.6 Å². The first-order chi connectivity index (χ1) is 12.3. The summed E-state index contributed by atoms with van der Waals surface area (Å²) in [5.41, 5.74) is 2.93. The normalized spacial score (nSPS) is 11.7. The molecule has 1 N–H and O–H groups in total. The second-order valence-corrected chi connectivity index (χ2v) is 6.51. The molecule has 8 nitrogen and oxygen atoms in total. The van der Waals surface area contributed by atoms with Crippen LogP contribution in [0.15, 0.2) is 35.5 Å². The SMILES string of the molecule is CN=C(NCc1ccccc1[N+](=O)[O-])N(C)Cc1cn(C)nc1C(C)C. The van der Waals surface area contributed by atoms with Crippen LogP contribution in [-0.2, 0) is 20.1 Å². The maximum Gasteiger partial charge on any atom is 0.274 e. The molecular weight excluding hydrogens is 332 g/mol. The fourth-order valence-electron chi connectivity index (χ4n) is 2.89. The number of rotatable bonds is 6. The molecule has 0 amide bonds. The van der Waals surface area contributed by atoms with Crippen LogP contribution in [0, 0.1) is 10.1 Å². The molecule has 0 fully saturated rings. The predicted octanol–water partition coefficient (Wildman–Crippen LogP) is 2.66. The van der Waals surface area contributed by atoms with E-state index in [-0.39, 0.29) is 10.6 Å². The number of aliphatic imine (C=N–C) groups is 1. The Kier molecular flexibility index (Phi) is 6.32. The Bertz CT molecular complexity index is 797. The third-order valence-corrected chi connectivity index (χ3v) is 4.09. The number of nitro groups is 1. The fourth-order valence-corrected chi connectivity index (χ4v) is 2.89. The fraction of sp³-hybridized carbons (Fsp3) is 0.444. The molecule has 0 aliphatic heterocycles. The molecule has 0 aliphatic carbocycles. The third kappa shape index (κ3) is 4.59. The lowest BCUT2D eigenvalue weighted by atomic mass is 10.1. The van der Waals surface area contributed by atoms with Crippen LogP contribution in [0.1, 0.15) is 36.6 Å². The molecular formula is C18H26N6O2. The first-order valence-corrected chi connectivity index (χ1v) is 8.50. The highest BCUT2D eigenvalue weighted by Gasteiger charge is 2.16. The van der Waals surface area contributed by atoms with Gasteiger partial charge in [0.1, 0.15) is 0 Å². The van der Waals surface area contributed by atoms with E-state index >= 15 is 0 Å². The third-order valence-electron chi connectivity index (χ3n) is 4.09. The van der Waals surface area contributed by atoms with Gasteiger partial charge in [-0.15, -0.1) is 0 Å². The number of nitrogens with one attached hydrogen (secondary N) is 1. The zero-order valence-electron chi connectivity index (χ0n) is 15.9. The van der Waals surface area contributed by atoms with Gasteiger partial charge in [-0.25, -0.2) is 0 Å². The zero-order chi connectivity index (χ0) is 19.3. The predicted molar refractivity (Wildman–Crippen MR) is 102 cm³/mol. The van der Waals surface area contributed by atoms with Crippen molar-refractivity contribution >= 4 is 11.6 Å². The maximum atomic E-state index is 11.1. The van der Waals surface area contributed by atoms with Crippen molar-refractivity contribution in [2.75, 3.05) is 14.1 Å². The summed E-state index contributed by atoms with van der Waals surface area (Å²) in [4.78, 5) is 17.0. The number of aryl methyl sites for hydroxylation is 1.